The van der Waals surface area contributed by atoms with E-state index in [9.17, 15) is 21.6 Å². The van der Waals surface area contributed by atoms with Gasteiger partial charge in [-0.05, 0) is 13.0 Å². The summed E-state index contributed by atoms with van der Waals surface area (Å²) in [5, 5.41) is 2.21. The maximum Gasteiger partial charge on any atom is 0.236 e. The number of anilines is 1. The Labute approximate surface area is 102 Å². The van der Waals surface area contributed by atoms with Gasteiger partial charge in [-0.1, -0.05) is 0 Å². The van der Waals surface area contributed by atoms with E-state index in [-0.39, 0.29) is 12.2 Å². The molecule has 0 saturated carbocycles. The molecule has 1 unspecified atom stereocenters. The monoisotopic (exact) mass is 280 g/mol. The van der Waals surface area contributed by atoms with E-state index in [1.165, 1.54) is 0 Å². The number of rotatable bonds is 3. The van der Waals surface area contributed by atoms with Crippen molar-refractivity contribution in [2.75, 3.05) is 17.8 Å². The molecule has 0 radical (unpaired) electrons. The highest BCUT2D eigenvalue weighted by atomic mass is 32.2. The van der Waals surface area contributed by atoms with Crippen LogP contribution in [0.15, 0.2) is 12.1 Å². The first-order chi connectivity index (χ1) is 8.40. The number of halogens is 3. The molecule has 18 heavy (non-hydrogen) atoms. The van der Waals surface area contributed by atoms with Crippen LogP contribution in [-0.2, 0) is 10.0 Å². The van der Waals surface area contributed by atoms with Crippen LogP contribution in [0.2, 0.25) is 0 Å². The predicted molar refractivity (Wildman–Crippen MR) is 60.1 cm³/mol. The summed E-state index contributed by atoms with van der Waals surface area (Å²) in [6, 6.07) is 1.22. The minimum atomic E-state index is -3.73. The molecular weight excluding hydrogens is 269 g/mol. The average molecular weight is 280 g/mol. The van der Waals surface area contributed by atoms with Gasteiger partial charge >= 0.3 is 0 Å². The molecule has 0 spiro atoms. The van der Waals surface area contributed by atoms with Crippen LogP contribution in [0.3, 0.4) is 0 Å². The maximum atomic E-state index is 12.9. The van der Waals surface area contributed by atoms with E-state index in [0.29, 0.717) is 25.1 Å². The van der Waals surface area contributed by atoms with Crippen LogP contribution in [0.25, 0.3) is 0 Å². The van der Waals surface area contributed by atoms with Gasteiger partial charge in [0.25, 0.3) is 0 Å². The summed E-state index contributed by atoms with van der Waals surface area (Å²) in [5.41, 5.74) is -0.321. The quantitative estimate of drug-likeness (QED) is 0.818. The highest BCUT2D eigenvalue weighted by molar-refractivity contribution is 7.93. The minimum absolute atomic E-state index is 0.279. The van der Waals surface area contributed by atoms with E-state index in [1.807, 2.05) is 0 Å². The molecule has 2 N–H and O–H groups in total. The number of hydrogen-bond acceptors (Lipinski definition) is 3. The zero-order valence-electron chi connectivity index (χ0n) is 9.21. The fourth-order valence-electron chi connectivity index (χ4n) is 1.76. The van der Waals surface area contributed by atoms with E-state index < -0.39 is 32.7 Å². The number of benzene rings is 1. The van der Waals surface area contributed by atoms with Crippen molar-refractivity contribution in [1.29, 1.82) is 0 Å². The Morgan fingerprint density at radius 1 is 1.22 bits per heavy atom. The zero-order valence-corrected chi connectivity index (χ0v) is 10.0. The Balaban J connectivity index is 2.23. The normalized spacial score (nSPS) is 20.1. The molecule has 0 amide bonds. The predicted octanol–water partition coefficient (Wildman–Crippen LogP) is 1.21. The topological polar surface area (TPSA) is 58.2 Å². The standard InChI is InChI=1S/C10H11F3N2O2S/c11-8-3-6(4-9(12)10(8)13)15-18(16,17)7-1-2-14-5-7/h3-4,7,14-15H,1-2,5H2. The van der Waals surface area contributed by atoms with E-state index in [0.717, 1.165) is 0 Å². The molecule has 4 nitrogen and oxygen atoms in total. The van der Waals surface area contributed by atoms with E-state index in [2.05, 4.69) is 10.0 Å². The molecule has 0 aliphatic carbocycles. The zero-order chi connectivity index (χ0) is 13.3. The van der Waals surface area contributed by atoms with Crippen LogP contribution in [0.4, 0.5) is 18.9 Å². The van der Waals surface area contributed by atoms with Crippen molar-refractivity contribution in [1.82, 2.24) is 5.32 Å². The van der Waals surface area contributed by atoms with Crippen molar-refractivity contribution in [3.8, 4) is 0 Å². The molecule has 0 bridgehead atoms. The summed E-state index contributed by atoms with van der Waals surface area (Å²) < 4.78 is 64.3. The fourth-order valence-corrected chi connectivity index (χ4v) is 3.13. The third-order valence-electron chi connectivity index (χ3n) is 2.70. The van der Waals surface area contributed by atoms with Crippen molar-refractivity contribution in [3.05, 3.63) is 29.6 Å². The molecule has 1 fully saturated rings. The second-order valence-corrected chi connectivity index (χ2v) is 5.98. The summed E-state index contributed by atoms with van der Waals surface area (Å²) in [6.45, 7) is 0.846. The molecule has 1 aliphatic rings. The van der Waals surface area contributed by atoms with Gasteiger partial charge in [0.1, 0.15) is 0 Å². The molecule has 2 rings (SSSR count). The minimum Gasteiger partial charge on any atom is -0.315 e. The molecule has 1 saturated heterocycles. The van der Waals surface area contributed by atoms with Crippen LogP contribution < -0.4 is 10.0 Å². The molecular formula is C10H11F3N2O2S. The van der Waals surface area contributed by atoms with Crippen LogP contribution in [0.1, 0.15) is 6.42 Å². The van der Waals surface area contributed by atoms with E-state index >= 15 is 0 Å². The summed E-state index contributed by atoms with van der Waals surface area (Å²) in [7, 11) is -3.73. The van der Waals surface area contributed by atoms with Crippen molar-refractivity contribution in [2.45, 2.75) is 11.7 Å². The smallest absolute Gasteiger partial charge is 0.236 e. The number of hydrogen-bond donors (Lipinski definition) is 2. The van der Waals surface area contributed by atoms with Crippen molar-refractivity contribution in [2.24, 2.45) is 0 Å². The lowest BCUT2D eigenvalue weighted by atomic mass is 10.3. The van der Waals surface area contributed by atoms with Crippen molar-refractivity contribution in [3.63, 3.8) is 0 Å². The lowest BCUT2D eigenvalue weighted by Gasteiger charge is -2.13. The highest BCUT2D eigenvalue weighted by Gasteiger charge is 2.29. The lowest BCUT2D eigenvalue weighted by molar-refractivity contribution is 0.448. The van der Waals surface area contributed by atoms with Gasteiger partial charge in [0.2, 0.25) is 10.0 Å². The SMILES string of the molecule is O=S(=O)(Nc1cc(F)c(F)c(F)c1)C1CCNC1. The molecule has 8 heteroatoms. The van der Waals surface area contributed by atoms with Gasteiger partial charge in [0.05, 0.1) is 10.9 Å². The second-order valence-electron chi connectivity index (χ2n) is 4.02. The Kier molecular flexibility index (Phi) is 3.49. The molecule has 100 valence electrons. The molecule has 0 aromatic heterocycles. The maximum absolute atomic E-state index is 12.9. The van der Waals surface area contributed by atoms with Gasteiger partial charge in [-0.3, -0.25) is 4.72 Å². The third-order valence-corrected chi connectivity index (χ3v) is 4.50. The van der Waals surface area contributed by atoms with Crippen molar-refractivity contribution >= 4 is 15.7 Å². The van der Waals surface area contributed by atoms with Gasteiger partial charge in [-0.25, -0.2) is 21.6 Å². The molecule has 1 aliphatic heterocycles. The molecule has 1 aromatic carbocycles. The summed E-state index contributed by atoms with van der Waals surface area (Å²) >= 11 is 0. The average Bonchev–Trinajstić information content (AvgIpc) is 2.79. The number of sulfonamides is 1. The first-order valence-electron chi connectivity index (χ1n) is 5.27. The number of nitrogens with one attached hydrogen (secondary N) is 2. The van der Waals surface area contributed by atoms with Crippen LogP contribution in [0, 0.1) is 17.5 Å². The van der Waals surface area contributed by atoms with Gasteiger partial charge < -0.3 is 5.32 Å². The van der Waals surface area contributed by atoms with Crippen LogP contribution >= 0.6 is 0 Å². The first-order valence-corrected chi connectivity index (χ1v) is 6.81. The molecule has 1 heterocycles. The van der Waals surface area contributed by atoms with E-state index in [4.69, 9.17) is 0 Å². The van der Waals surface area contributed by atoms with E-state index in [1.54, 1.807) is 0 Å². The van der Waals surface area contributed by atoms with Crippen LogP contribution in [0.5, 0.6) is 0 Å². The highest BCUT2D eigenvalue weighted by Crippen LogP contribution is 2.20. The Hall–Kier alpha value is -1.28. The third kappa shape index (κ3) is 2.59. The fraction of sp³-hybridized carbons (Fsp3) is 0.400. The van der Waals surface area contributed by atoms with Gasteiger partial charge in [0.15, 0.2) is 17.5 Å². The summed E-state index contributed by atoms with van der Waals surface area (Å²) in [6.07, 6.45) is 0.418. The van der Waals surface area contributed by atoms with Crippen LogP contribution in [-0.4, -0.2) is 26.8 Å². The lowest BCUT2D eigenvalue weighted by Crippen LogP contribution is -2.29. The molecule has 1 aromatic rings. The second kappa shape index (κ2) is 4.77. The summed E-state index contributed by atoms with van der Waals surface area (Å²) in [4.78, 5) is 0. The van der Waals surface area contributed by atoms with Gasteiger partial charge in [-0.15, -0.1) is 0 Å². The van der Waals surface area contributed by atoms with Gasteiger partial charge in [-0.2, -0.15) is 0 Å². The molecule has 1 atom stereocenters. The Bertz CT molecular complexity index is 533. The summed E-state index contributed by atoms with van der Waals surface area (Å²) in [5.74, 6) is -4.49. The Morgan fingerprint density at radius 3 is 2.33 bits per heavy atom. The van der Waals surface area contributed by atoms with Gasteiger partial charge in [0, 0.05) is 18.7 Å². The first kappa shape index (κ1) is 13.2. The largest absolute Gasteiger partial charge is 0.315 e. The Morgan fingerprint density at radius 2 is 1.83 bits per heavy atom. The van der Waals surface area contributed by atoms with Crippen molar-refractivity contribution < 1.29 is 21.6 Å².